The molecule has 0 spiro atoms. The maximum absolute atomic E-state index is 10.5. The van der Waals surface area contributed by atoms with Crippen molar-refractivity contribution >= 4 is 10.8 Å². The Morgan fingerprint density at radius 1 is 0.913 bits per heavy atom. The van der Waals surface area contributed by atoms with Crippen molar-refractivity contribution in [2.45, 2.75) is 6.04 Å². The molecular weight excluding hydrogens is 286 g/mol. The lowest BCUT2D eigenvalue weighted by atomic mass is 9.92. The van der Waals surface area contributed by atoms with E-state index in [-0.39, 0.29) is 6.04 Å². The van der Waals surface area contributed by atoms with E-state index in [0.717, 1.165) is 27.6 Å². The third-order valence-electron chi connectivity index (χ3n) is 4.17. The number of ether oxygens (including phenoxy) is 1. The van der Waals surface area contributed by atoms with Crippen molar-refractivity contribution < 1.29 is 9.84 Å². The van der Waals surface area contributed by atoms with Gasteiger partial charge in [-0.3, -0.25) is 4.90 Å². The summed E-state index contributed by atoms with van der Waals surface area (Å²) in [5, 5.41) is 12.7. The molecule has 1 atom stereocenters. The summed E-state index contributed by atoms with van der Waals surface area (Å²) in [6, 6.07) is 19.8. The summed E-state index contributed by atoms with van der Waals surface area (Å²) in [6.45, 7) is 0. The van der Waals surface area contributed by atoms with Gasteiger partial charge in [0, 0.05) is 5.56 Å². The summed E-state index contributed by atoms with van der Waals surface area (Å²) in [5.41, 5.74) is 2.04. The first kappa shape index (κ1) is 15.4. The lowest BCUT2D eigenvalue weighted by Gasteiger charge is -2.27. The quantitative estimate of drug-likeness (QED) is 0.784. The van der Waals surface area contributed by atoms with Crippen LogP contribution in [-0.2, 0) is 0 Å². The number of methoxy groups -OCH3 is 1. The predicted octanol–water partition coefficient (Wildman–Crippen LogP) is 4.21. The van der Waals surface area contributed by atoms with Crippen molar-refractivity contribution in [3.63, 3.8) is 0 Å². The van der Waals surface area contributed by atoms with Gasteiger partial charge in [0.25, 0.3) is 0 Å². The van der Waals surface area contributed by atoms with Gasteiger partial charge in [-0.15, -0.1) is 0 Å². The molecule has 0 heterocycles. The van der Waals surface area contributed by atoms with Crippen molar-refractivity contribution in [3.05, 3.63) is 71.8 Å². The molecule has 1 unspecified atom stereocenters. The Morgan fingerprint density at radius 3 is 2.26 bits per heavy atom. The van der Waals surface area contributed by atoms with Gasteiger partial charge in [-0.25, -0.2) is 0 Å². The van der Waals surface area contributed by atoms with Gasteiger partial charge in [-0.1, -0.05) is 42.5 Å². The minimum Gasteiger partial charge on any atom is -0.508 e. The van der Waals surface area contributed by atoms with Gasteiger partial charge in [-0.2, -0.15) is 0 Å². The molecule has 0 fully saturated rings. The second-order valence-electron chi connectivity index (χ2n) is 5.86. The maximum atomic E-state index is 10.5. The van der Waals surface area contributed by atoms with Crippen LogP contribution in [-0.4, -0.2) is 31.2 Å². The molecule has 1 N–H and O–H groups in total. The van der Waals surface area contributed by atoms with Crippen molar-refractivity contribution in [1.82, 2.24) is 4.90 Å². The lowest BCUT2D eigenvalue weighted by Crippen LogP contribution is -2.21. The van der Waals surface area contributed by atoms with Crippen LogP contribution in [0.15, 0.2) is 60.7 Å². The third kappa shape index (κ3) is 2.88. The monoisotopic (exact) mass is 307 g/mol. The van der Waals surface area contributed by atoms with Crippen LogP contribution in [0.4, 0.5) is 0 Å². The second kappa shape index (κ2) is 6.31. The fraction of sp³-hybridized carbons (Fsp3) is 0.200. The Bertz CT molecular complexity index is 809. The van der Waals surface area contributed by atoms with Gasteiger partial charge in [0.2, 0.25) is 0 Å². The van der Waals surface area contributed by atoms with Crippen LogP contribution in [0.25, 0.3) is 10.8 Å². The molecule has 0 aliphatic rings. The van der Waals surface area contributed by atoms with Gasteiger partial charge in [0.05, 0.1) is 13.2 Å². The van der Waals surface area contributed by atoms with E-state index in [1.54, 1.807) is 13.2 Å². The number of phenolic OH excluding ortho intramolecular Hbond substituents is 1. The molecule has 23 heavy (non-hydrogen) atoms. The number of phenols is 1. The van der Waals surface area contributed by atoms with E-state index in [4.69, 9.17) is 4.74 Å². The first-order chi connectivity index (χ1) is 11.1. The van der Waals surface area contributed by atoms with Crippen LogP contribution in [0.1, 0.15) is 17.2 Å². The Hall–Kier alpha value is -2.52. The Labute approximate surface area is 136 Å². The number of nitrogens with zero attached hydrogens (tertiary/aromatic N) is 1. The molecule has 0 aliphatic carbocycles. The Kier molecular flexibility index (Phi) is 4.22. The van der Waals surface area contributed by atoms with Crippen molar-refractivity contribution in [2.24, 2.45) is 0 Å². The molecule has 0 saturated carbocycles. The summed E-state index contributed by atoms with van der Waals surface area (Å²) in [6.07, 6.45) is 0. The van der Waals surface area contributed by atoms with Gasteiger partial charge in [-0.05, 0) is 48.6 Å². The van der Waals surface area contributed by atoms with Crippen LogP contribution in [0.5, 0.6) is 11.5 Å². The minimum absolute atomic E-state index is 0.0352. The third-order valence-corrected chi connectivity index (χ3v) is 4.17. The van der Waals surface area contributed by atoms with Crippen molar-refractivity contribution in [1.29, 1.82) is 0 Å². The number of aromatic hydroxyl groups is 1. The van der Waals surface area contributed by atoms with Crippen LogP contribution in [0, 0.1) is 0 Å². The summed E-state index contributed by atoms with van der Waals surface area (Å²) >= 11 is 0. The molecule has 3 rings (SSSR count). The van der Waals surface area contributed by atoms with E-state index in [1.165, 1.54) is 0 Å². The molecule has 3 nitrogen and oxygen atoms in total. The highest BCUT2D eigenvalue weighted by Gasteiger charge is 2.22. The fourth-order valence-electron chi connectivity index (χ4n) is 3.08. The number of benzene rings is 3. The SMILES string of the molecule is COc1ccc(C(c2c(O)ccc3ccccc23)N(C)C)cc1. The molecule has 0 aliphatic heterocycles. The first-order valence-corrected chi connectivity index (χ1v) is 7.63. The van der Waals surface area contributed by atoms with E-state index < -0.39 is 0 Å². The zero-order valence-corrected chi connectivity index (χ0v) is 13.7. The molecule has 0 bridgehead atoms. The topological polar surface area (TPSA) is 32.7 Å². The normalized spacial score (nSPS) is 12.5. The molecule has 3 heteroatoms. The van der Waals surface area contributed by atoms with E-state index in [0.29, 0.717) is 5.75 Å². The Morgan fingerprint density at radius 2 is 1.61 bits per heavy atom. The summed E-state index contributed by atoms with van der Waals surface area (Å²) in [5.74, 6) is 1.15. The van der Waals surface area contributed by atoms with Crippen molar-refractivity contribution in [3.8, 4) is 11.5 Å². The summed E-state index contributed by atoms with van der Waals surface area (Å²) in [7, 11) is 5.71. The zero-order chi connectivity index (χ0) is 16.4. The summed E-state index contributed by atoms with van der Waals surface area (Å²) in [4.78, 5) is 2.11. The smallest absolute Gasteiger partial charge is 0.121 e. The molecular formula is C20H21NO2. The van der Waals surface area contributed by atoms with Crippen LogP contribution >= 0.6 is 0 Å². The number of fused-ring (bicyclic) bond motifs is 1. The number of rotatable bonds is 4. The minimum atomic E-state index is -0.0352. The van der Waals surface area contributed by atoms with Crippen molar-refractivity contribution in [2.75, 3.05) is 21.2 Å². The van der Waals surface area contributed by atoms with E-state index in [2.05, 4.69) is 17.0 Å². The predicted molar refractivity (Wildman–Crippen MR) is 94.1 cm³/mol. The summed E-state index contributed by atoms with van der Waals surface area (Å²) < 4.78 is 5.25. The van der Waals surface area contributed by atoms with E-state index >= 15 is 0 Å². The number of hydrogen-bond acceptors (Lipinski definition) is 3. The molecule has 118 valence electrons. The maximum Gasteiger partial charge on any atom is 0.121 e. The first-order valence-electron chi connectivity index (χ1n) is 7.63. The van der Waals surface area contributed by atoms with Gasteiger partial charge < -0.3 is 9.84 Å². The standard InChI is InChI=1S/C20H21NO2/c1-21(2)20(15-8-11-16(23-3)12-9-15)19-17-7-5-4-6-14(17)10-13-18(19)22/h4-13,20,22H,1-3H3. The highest BCUT2D eigenvalue weighted by atomic mass is 16.5. The molecule has 0 saturated heterocycles. The van der Waals surface area contributed by atoms with E-state index in [1.807, 2.05) is 56.6 Å². The fourth-order valence-corrected chi connectivity index (χ4v) is 3.08. The van der Waals surface area contributed by atoms with Crippen LogP contribution in [0.2, 0.25) is 0 Å². The Balaban J connectivity index is 2.20. The molecule has 3 aromatic rings. The average molecular weight is 307 g/mol. The zero-order valence-electron chi connectivity index (χ0n) is 13.7. The number of hydrogen-bond donors (Lipinski definition) is 1. The molecule has 3 aromatic carbocycles. The van der Waals surface area contributed by atoms with Crippen LogP contribution < -0.4 is 4.74 Å². The lowest BCUT2D eigenvalue weighted by molar-refractivity contribution is 0.333. The average Bonchev–Trinajstić information content (AvgIpc) is 2.57. The van der Waals surface area contributed by atoms with E-state index in [9.17, 15) is 5.11 Å². The van der Waals surface area contributed by atoms with Gasteiger partial charge in [0.1, 0.15) is 11.5 Å². The molecule has 0 aromatic heterocycles. The van der Waals surface area contributed by atoms with Crippen LogP contribution in [0.3, 0.4) is 0 Å². The van der Waals surface area contributed by atoms with Gasteiger partial charge in [0.15, 0.2) is 0 Å². The highest BCUT2D eigenvalue weighted by Crippen LogP contribution is 2.38. The second-order valence-corrected chi connectivity index (χ2v) is 5.86. The molecule has 0 amide bonds. The largest absolute Gasteiger partial charge is 0.508 e. The van der Waals surface area contributed by atoms with Gasteiger partial charge >= 0.3 is 0 Å². The molecule has 0 radical (unpaired) electrons. The highest BCUT2D eigenvalue weighted by molar-refractivity contribution is 5.88.